The molecule has 2 aromatic rings. The molecular weight excluding hydrogens is 429 g/mol. The summed E-state index contributed by atoms with van der Waals surface area (Å²) in [4.78, 5) is 12.0. The molecule has 0 saturated heterocycles. The molecule has 0 saturated carbocycles. The molecule has 0 atom stereocenters. The summed E-state index contributed by atoms with van der Waals surface area (Å²) in [5.41, 5.74) is 0.665. The number of unbranched alkanes of at least 4 members (excludes halogenated alkanes) is 1. The minimum atomic E-state index is -0.294. The maximum atomic E-state index is 12.0. The second kappa shape index (κ2) is 9.90. The summed E-state index contributed by atoms with van der Waals surface area (Å²) in [6.07, 6.45) is 2.10. The molecule has 4 nitrogen and oxygen atoms in total. The number of nitrogens with one attached hydrogen (secondary N) is 1. The van der Waals surface area contributed by atoms with E-state index in [0.29, 0.717) is 32.6 Å². The lowest BCUT2D eigenvalue weighted by atomic mass is 10.3. The molecule has 2 aromatic carbocycles. The molecule has 2 rings (SSSR count). The average molecular weight is 447 g/mol. The van der Waals surface area contributed by atoms with Gasteiger partial charge in [0.05, 0.1) is 16.1 Å². The van der Waals surface area contributed by atoms with Gasteiger partial charge in [-0.25, -0.2) is 0 Å². The lowest BCUT2D eigenvalue weighted by molar-refractivity contribution is -0.118. The zero-order chi connectivity index (χ0) is 18.2. The topological polar surface area (TPSA) is 47.6 Å². The molecule has 7 heteroatoms. The van der Waals surface area contributed by atoms with E-state index in [-0.39, 0.29) is 12.5 Å². The van der Waals surface area contributed by atoms with Gasteiger partial charge in [0.15, 0.2) is 12.4 Å². The summed E-state index contributed by atoms with van der Waals surface area (Å²) < 4.78 is 11.6. The number of ether oxygens (including phenoxy) is 2. The minimum Gasteiger partial charge on any atom is -0.494 e. The number of carbonyl (C=O) groups excluding carboxylic acids is 1. The Balaban J connectivity index is 1.86. The highest BCUT2D eigenvalue weighted by molar-refractivity contribution is 9.10. The smallest absolute Gasteiger partial charge is 0.262 e. The Kier molecular flexibility index (Phi) is 7.88. The standard InChI is InChI=1S/C18H18BrCl2NO3/c1-2-3-8-24-14-6-4-13(5-7-14)22-17(23)11-25-18-15(19)9-12(20)10-16(18)21/h4-7,9-10H,2-3,8,11H2,1H3,(H,22,23). The van der Waals surface area contributed by atoms with Crippen LogP contribution in [0.3, 0.4) is 0 Å². The Morgan fingerprint density at radius 2 is 1.88 bits per heavy atom. The van der Waals surface area contributed by atoms with E-state index in [1.807, 2.05) is 12.1 Å². The highest BCUT2D eigenvalue weighted by Gasteiger charge is 2.11. The first-order valence-corrected chi connectivity index (χ1v) is 9.34. The van der Waals surface area contributed by atoms with Crippen molar-refractivity contribution in [3.05, 3.63) is 50.9 Å². The molecule has 0 spiro atoms. The number of amides is 1. The Hall–Kier alpha value is -1.43. The fraction of sp³-hybridized carbons (Fsp3) is 0.278. The van der Waals surface area contributed by atoms with Crippen LogP contribution in [-0.4, -0.2) is 19.1 Å². The molecule has 134 valence electrons. The van der Waals surface area contributed by atoms with Crippen molar-refractivity contribution in [1.29, 1.82) is 0 Å². The van der Waals surface area contributed by atoms with E-state index >= 15 is 0 Å². The summed E-state index contributed by atoms with van der Waals surface area (Å²) in [7, 11) is 0. The van der Waals surface area contributed by atoms with Gasteiger partial charge in [-0.05, 0) is 58.7 Å². The van der Waals surface area contributed by atoms with Crippen LogP contribution in [0.1, 0.15) is 19.8 Å². The molecule has 0 aromatic heterocycles. The third kappa shape index (κ3) is 6.42. The maximum absolute atomic E-state index is 12.0. The number of rotatable bonds is 8. The van der Waals surface area contributed by atoms with Crippen LogP contribution in [0.4, 0.5) is 5.69 Å². The van der Waals surface area contributed by atoms with E-state index in [4.69, 9.17) is 32.7 Å². The number of hydrogen-bond acceptors (Lipinski definition) is 3. The number of halogens is 3. The highest BCUT2D eigenvalue weighted by atomic mass is 79.9. The van der Waals surface area contributed by atoms with Crippen molar-refractivity contribution in [1.82, 2.24) is 0 Å². The zero-order valence-electron chi connectivity index (χ0n) is 13.7. The fourth-order valence-corrected chi connectivity index (χ4v) is 3.34. The monoisotopic (exact) mass is 445 g/mol. The molecule has 0 aliphatic heterocycles. The molecule has 1 N–H and O–H groups in total. The number of benzene rings is 2. The summed E-state index contributed by atoms with van der Waals surface area (Å²) in [5, 5.41) is 3.57. The average Bonchev–Trinajstić information content (AvgIpc) is 2.55. The van der Waals surface area contributed by atoms with E-state index in [2.05, 4.69) is 28.2 Å². The first-order valence-electron chi connectivity index (χ1n) is 7.79. The van der Waals surface area contributed by atoms with Crippen molar-refractivity contribution in [2.24, 2.45) is 0 Å². The Morgan fingerprint density at radius 1 is 1.16 bits per heavy atom. The summed E-state index contributed by atoms with van der Waals surface area (Å²) >= 11 is 15.3. The second-order valence-electron chi connectivity index (χ2n) is 5.26. The van der Waals surface area contributed by atoms with Crippen LogP contribution in [0.5, 0.6) is 11.5 Å². The Bertz CT molecular complexity index is 700. The molecule has 0 heterocycles. The van der Waals surface area contributed by atoms with Crippen molar-refractivity contribution in [2.75, 3.05) is 18.5 Å². The molecule has 0 radical (unpaired) electrons. The van der Waals surface area contributed by atoms with Crippen LogP contribution in [0.15, 0.2) is 40.9 Å². The van der Waals surface area contributed by atoms with Crippen molar-refractivity contribution >= 4 is 50.7 Å². The van der Waals surface area contributed by atoms with Crippen molar-refractivity contribution in [3.8, 4) is 11.5 Å². The van der Waals surface area contributed by atoms with Crippen LogP contribution in [0.25, 0.3) is 0 Å². The number of carbonyl (C=O) groups is 1. The van der Waals surface area contributed by atoms with Crippen LogP contribution in [-0.2, 0) is 4.79 Å². The van der Waals surface area contributed by atoms with Crippen molar-refractivity contribution < 1.29 is 14.3 Å². The number of hydrogen-bond donors (Lipinski definition) is 1. The van der Waals surface area contributed by atoms with Gasteiger partial charge in [0.2, 0.25) is 0 Å². The van der Waals surface area contributed by atoms with Gasteiger partial charge in [0.1, 0.15) is 5.75 Å². The maximum Gasteiger partial charge on any atom is 0.262 e. The molecular formula is C18H18BrCl2NO3. The van der Waals surface area contributed by atoms with Crippen LogP contribution >= 0.6 is 39.1 Å². The summed E-state index contributed by atoms with van der Waals surface area (Å²) in [6.45, 7) is 2.63. The normalized spacial score (nSPS) is 10.4. The van der Waals surface area contributed by atoms with Gasteiger partial charge >= 0.3 is 0 Å². The van der Waals surface area contributed by atoms with Crippen LogP contribution < -0.4 is 14.8 Å². The quantitative estimate of drug-likeness (QED) is 0.509. The summed E-state index contributed by atoms with van der Waals surface area (Å²) in [5.74, 6) is 0.859. The lowest BCUT2D eigenvalue weighted by Crippen LogP contribution is -2.20. The van der Waals surface area contributed by atoms with Crippen molar-refractivity contribution in [2.45, 2.75) is 19.8 Å². The Labute approximate surface area is 165 Å². The third-order valence-electron chi connectivity index (χ3n) is 3.22. The molecule has 0 aliphatic rings. The lowest BCUT2D eigenvalue weighted by Gasteiger charge is -2.11. The predicted octanol–water partition coefficient (Wildman–Crippen LogP) is 5.95. The van der Waals surface area contributed by atoms with Crippen LogP contribution in [0, 0.1) is 0 Å². The Morgan fingerprint density at radius 3 is 2.52 bits per heavy atom. The minimum absolute atomic E-state index is 0.172. The summed E-state index contributed by atoms with van der Waals surface area (Å²) in [6, 6.07) is 10.4. The van der Waals surface area contributed by atoms with E-state index in [1.54, 1.807) is 24.3 Å². The SMILES string of the molecule is CCCCOc1ccc(NC(=O)COc2c(Cl)cc(Cl)cc2Br)cc1. The number of anilines is 1. The molecule has 1 amide bonds. The molecule has 0 aliphatic carbocycles. The highest BCUT2D eigenvalue weighted by Crippen LogP contribution is 2.36. The predicted molar refractivity (Wildman–Crippen MR) is 105 cm³/mol. The molecule has 25 heavy (non-hydrogen) atoms. The van der Waals surface area contributed by atoms with Crippen molar-refractivity contribution in [3.63, 3.8) is 0 Å². The van der Waals surface area contributed by atoms with Gasteiger partial charge in [0, 0.05) is 10.7 Å². The molecule has 0 bridgehead atoms. The largest absolute Gasteiger partial charge is 0.494 e. The fourth-order valence-electron chi connectivity index (χ4n) is 1.97. The van der Waals surface area contributed by atoms with E-state index < -0.39 is 0 Å². The van der Waals surface area contributed by atoms with Gasteiger partial charge < -0.3 is 14.8 Å². The zero-order valence-corrected chi connectivity index (χ0v) is 16.7. The third-order valence-corrected chi connectivity index (χ3v) is 4.30. The van der Waals surface area contributed by atoms with Gasteiger partial charge in [-0.2, -0.15) is 0 Å². The van der Waals surface area contributed by atoms with Crippen LogP contribution in [0.2, 0.25) is 10.0 Å². The van der Waals surface area contributed by atoms with E-state index in [9.17, 15) is 4.79 Å². The van der Waals surface area contributed by atoms with E-state index in [0.717, 1.165) is 18.6 Å². The molecule has 0 unspecified atom stereocenters. The first-order chi connectivity index (χ1) is 12.0. The first kappa shape index (κ1) is 19.9. The van der Waals surface area contributed by atoms with Gasteiger partial charge in [-0.1, -0.05) is 36.5 Å². The van der Waals surface area contributed by atoms with Gasteiger partial charge in [-0.3, -0.25) is 4.79 Å². The molecule has 0 fully saturated rings. The second-order valence-corrected chi connectivity index (χ2v) is 6.96. The van der Waals surface area contributed by atoms with Gasteiger partial charge in [-0.15, -0.1) is 0 Å². The van der Waals surface area contributed by atoms with Gasteiger partial charge in [0.25, 0.3) is 5.91 Å². The van der Waals surface area contributed by atoms with E-state index in [1.165, 1.54) is 0 Å².